The number of nitrogens with two attached hydrogens (primary N) is 1. The van der Waals surface area contributed by atoms with Crippen LogP contribution in [0.1, 0.15) is 31.2 Å². The number of carbonyl (C=O) groups excluding carboxylic acids is 1. The predicted molar refractivity (Wildman–Crippen MR) is 83.7 cm³/mol. The van der Waals surface area contributed by atoms with E-state index in [-0.39, 0.29) is 11.9 Å². The predicted octanol–water partition coefficient (Wildman–Crippen LogP) is 2.18. The van der Waals surface area contributed by atoms with Crippen LogP contribution in [-0.4, -0.2) is 37.0 Å². The highest BCUT2D eigenvalue weighted by atomic mass is 16.5. The third kappa shape index (κ3) is 5.14. The Labute approximate surface area is 127 Å². The highest BCUT2D eigenvalue weighted by Crippen LogP contribution is 2.27. The summed E-state index contributed by atoms with van der Waals surface area (Å²) in [4.78, 5) is 13.9. The lowest BCUT2D eigenvalue weighted by molar-refractivity contribution is -0.131. The SMILES string of the molecule is CN(CCOCc1ccccc1)C(=O)C[C@@H]1CCC[C@H]1N. The molecule has 0 bridgehead atoms. The third-order valence-electron chi connectivity index (χ3n) is 4.26. The van der Waals surface area contributed by atoms with Crippen molar-refractivity contribution in [2.75, 3.05) is 20.2 Å². The van der Waals surface area contributed by atoms with Crippen LogP contribution in [-0.2, 0) is 16.1 Å². The van der Waals surface area contributed by atoms with Gasteiger partial charge in [-0.1, -0.05) is 36.8 Å². The molecule has 1 aliphatic carbocycles. The van der Waals surface area contributed by atoms with Crippen molar-refractivity contribution in [1.29, 1.82) is 0 Å². The molecular weight excluding hydrogens is 264 g/mol. The van der Waals surface area contributed by atoms with E-state index >= 15 is 0 Å². The second-order valence-corrected chi connectivity index (χ2v) is 5.91. The Morgan fingerprint density at radius 3 is 2.76 bits per heavy atom. The molecule has 0 saturated heterocycles. The van der Waals surface area contributed by atoms with Gasteiger partial charge in [0.25, 0.3) is 0 Å². The van der Waals surface area contributed by atoms with E-state index < -0.39 is 0 Å². The molecule has 1 aromatic carbocycles. The average molecular weight is 290 g/mol. The number of ether oxygens (including phenoxy) is 1. The molecule has 2 N–H and O–H groups in total. The fourth-order valence-electron chi connectivity index (χ4n) is 2.79. The van der Waals surface area contributed by atoms with Gasteiger partial charge in [-0.3, -0.25) is 4.79 Å². The number of benzene rings is 1. The Morgan fingerprint density at radius 1 is 1.33 bits per heavy atom. The molecule has 0 aromatic heterocycles. The van der Waals surface area contributed by atoms with E-state index in [9.17, 15) is 4.79 Å². The molecule has 0 spiro atoms. The number of hydrogen-bond acceptors (Lipinski definition) is 3. The Kier molecular flexibility index (Phi) is 6.21. The number of likely N-dealkylation sites (N-methyl/N-ethyl adjacent to an activating group) is 1. The first-order chi connectivity index (χ1) is 10.2. The number of rotatable bonds is 7. The van der Waals surface area contributed by atoms with E-state index in [1.165, 1.54) is 0 Å². The van der Waals surface area contributed by atoms with Gasteiger partial charge in [0, 0.05) is 26.1 Å². The Hall–Kier alpha value is -1.39. The van der Waals surface area contributed by atoms with Gasteiger partial charge in [-0.25, -0.2) is 0 Å². The smallest absolute Gasteiger partial charge is 0.222 e. The summed E-state index contributed by atoms with van der Waals surface area (Å²) in [5.41, 5.74) is 7.17. The molecule has 0 radical (unpaired) electrons. The summed E-state index contributed by atoms with van der Waals surface area (Å²) in [5.74, 6) is 0.547. The summed E-state index contributed by atoms with van der Waals surface area (Å²) in [5, 5.41) is 0. The molecule has 0 aliphatic heterocycles. The molecule has 1 aliphatic rings. The van der Waals surface area contributed by atoms with Crippen molar-refractivity contribution >= 4 is 5.91 Å². The van der Waals surface area contributed by atoms with Crippen molar-refractivity contribution in [3.63, 3.8) is 0 Å². The molecule has 0 heterocycles. The zero-order valence-corrected chi connectivity index (χ0v) is 12.8. The van der Waals surface area contributed by atoms with Crippen molar-refractivity contribution in [1.82, 2.24) is 4.90 Å². The van der Waals surface area contributed by atoms with Crippen LogP contribution in [0, 0.1) is 5.92 Å². The standard InChI is InChI=1S/C17H26N2O2/c1-19(17(20)12-15-8-5-9-16(15)18)10-11-21-13-14-6-3-2-4-7-14/h2-4,6-7,15-16H,5,8-13,18H2,1H3/t15-,16+/m0/s1. The van der Waals surface area contributed by atoms with Crippen LogP contribution in [0.25, 0.3) is 0 Å². The highest BCUT2D eigenvalue weighted by molar-refractivity contribution is 5.76. The third-order valence-corrected chi connectivity index (χ3v) is 4.26. The van der Waals surface area contributed by atoms with Crippen LogP contribution in [0.3, 0.4) is 0 Å². The maximum atomic E-state index is 12.1. The molecule has 4 heteroatoms. The number of hydrogen-bond donors (Lipinski definition) is 1. The van der Waals surface area contributed by atoms with E-state index in [1.807, 2.05) is 37.4 Å². The highest BCUT2D eigenvalue weighted by Gasteiger charge is 2.26. The van der Waals surface area contributed by atoms with Gasteiger partial charge in [0.05, 0.1) is 13.2 Å². The van der Waals surface area contributed by atoms with E-state index in [1.54, 1.807) is 4.90 Å². The van der Waals surface area contributed by atoms with Crippen molar-refractivity contribution in [3.8, 4) is 0 Å². The van der Waals surface area contributed by atoms with E-state index in [2.05, 4.69) is 0 Å². The summed E-state index contributed by atoms with van der Waals surface area (Å²) < 4.78 is 5.61. The van der Waals surface area contributed by atoms with Gasteiger partial charge >= 0.3 is 0 Å². The van der Waals surface area contributed by atoms with Crippen LogP contribution in [0.2, 0.25) is 0 Å². The maximum Gasteiger partial charge on any atom is 0.222 e. The second kappa shape index (κ2) is 8.15. The van der Waals surface area contributed by atoms with Gasteiger partial charge in [0.1, 0.15) is 0 Å². The molecular formula is C17H26N2O2. The zero-order chi connectivity index (χ0) is 15.1. The van der Waals surface area contributed by atoms with E-state index in [4.69, 9.17) is 10.5 Å². The Bertz CT molecular complexity index is 436. The minimum Gasteiger partial charge on any atom is -0.375 e. The lowest BCUT2D eigenvalue weighted by Gasteiger charge is -2.21. The first-order valence-electron chi connectivity index (χ1n) is 7.78. The molecule has 2 atom stereocenters. The number of nitrogens with zero attached hydrogens (tertiary/aromatic N) is 1. The normalized spacial score (nSPS) is 21.4. The lowest BCUT2D eigenvalue weighted by Crippen LogP contribution is -2.34. The molecule has 21 heavy (non-hydrogen) atoms. The largest absolute Gasteiger partial charge is 0.375 e. The Morgan fingerprint density at radius 2 is 2.10 bits per heavy atom. The van der Waals surface area contributed by atoms with Crippen molar-refractivity contribution in [2.45, 2.75) is 38.3 Å². The summed E-state index contributed by atoms with van der Waals surface area (Å²) in [6.07, 6.45) is 3.88. The number of carbonyl (C=O) groups is 1. The molecule has 4 nitrogen and oxygen atoms in total. The molecule has 0 unspecified atom stereocenters. The van der Waals surface area contributed by atoms with Gasteiger partial charge in [-0.15, -0.1) is 0 Å². The summed E-state index contributed by atoms with van der Waals surface area (Å²) >= 11 is 0. The van der Waals surface area contributed by atoms with Crippen LogP contribution in [0.15, 0.2) is 30.3 Å². The lowest BCUT2D eigenvalue weighted by atomic mass is 9.99. The molecule has 2 rings (SSSR count). The fraction of sp³-hybridized carbons (Fsp3) is 0.588. The van der Waals surface area contributed by atoms with Crippen molar-refractivity contribution < 1.29 is 9.53 Å². The minimum atomic E-state index is 0.181. The molecule has 116 valence electrons. The van der Waals surface area contributed by atoms with Gasteiger partial charge < -0.3 is 15.4 Å². The monoisotopic (exact) mass is 290 g/mol. The van der Waals surface area contributed by atoms with Crippen LogP contribution >= 0.6 is 0 Å². The van der Waals surface area contributed by atoms with Crippen LogP contribution in [0.4, 0.5) is 0 Å². The first-order valence-corrected chi connectivity index (χ1v) is 7.78. The summed E-state index contributed by atoms with van der Waals surface area (Å²) in [6.45, 7) is 1.79. The van der Waals surface area contributed by atoms with E-state index in [0.29, 0.717) is 32.1 Å². The number of amides is 1. The average Bonchev–Trinajstić information content (AvgIpc) is 2.89. The first kappa shape index (κ1) is 16.0. The van der Waals surface area contributed by atoms with Gasteiger partial charge in [-0.05, 0) is 24.3 Å². The molecule has 1 saturated carbocycles. The molecule has 1 amide bonds. The van der Waals surface area contributed by atoms with Crippen LogP contribution in [0.5, 0.6) is 0 Å². The van der Waals surface area contributed by atoms with Gasteiger partial charge in [-0.2, -0.15) is 0 Å². The maximum absolute atomic E-state index is 12.1. The Balaban J connectivity index is 1.62. The quantitative estimate of drug-likeness (QED) is 0.783. The fourth-order valence-corrected chi connectivity index (χ4v) is 2.79. The summed E-state index contributed by atoms with van der Waals surface area (Å²) in [7, 11) is 1.84. The second-order valence-electron chi connectivity index (χ2n) is 5.91. The van der Waals surface area contributed by atoms with Gasteiger partial charge in [0.15, 0.2) is 0 Å². The van der Waals surface area contributed by atoms with Crippen LogP contribution < -0.4 is 5.73 Å². The topological polar surface area (TPSA) is 55.6 Å². The summed E-state index contributed by atoms with van der Waals surface area (Å²) in [6, 6.07) is 10.3. The molecule has 1 fully saturated rings. The molecule has 1 aromatic rings. The van der Waals surface area contributed by atoms with Crippen molar-refractivity contribution in [2.24, 2.45) is 11.7 Å². The minimum absolute atomic E-state index is 0.181. The van der Waals surface area contributed by atoms with E-state index in [0.717, 1.165) is 24.8 Å². The van der Waals surface area contributed by atoms with Gasteiger partial charge in [0.2, 0.25) is 5.91 Å². The van der Waals surface area contributed by atoms with Crippen molar-refractivity contribution in [3.05, 3.63) is 35.9 Å². The zero-order valence-electron chi connectivity index (χ0n) is 12.8.